The van der Waals surface area contributed by atoms with E-state index in [1.54, 1.807) is 9.25 Å². The Labute approximate surface area is 96.9 Å². The molecule has 2 aromatic rings. The van der Waals surface area contributed by atoms with Gasteiger partial charge in [-0.3, -0.25) is 4.68 Å². The van der Waals surface area contributed by atoms with E-state index in [-0.39, 0.29) is 5.03 Å². The molecule has 6 nitrogen and oxygen atoms in total. The molecule has 2 aromatic heterocycles. The molecule has 0 aliphatic heterocycles. The van der Waals surface area contributed by atoms with Gasteiger partial charge in [0.2, 0.25) is 0 Å². The summed E-state index contributed by atoms with van der Waals surface area (Å²) in [5.74, 6) is 0. The highest BCUT2D eigenvalue weighted by Gasteiger charge is 2.13. The molecule has 0 aliphatic rings. The first-order valence-corrected chi connectivity index (χ1v) is 6.71. The summed E-state index contributed by atoms with van der Waals surface area (Å²) in [4.78, 5) is 3.70. The van der Waals surface area contributed by atoms with Crippen LogP contribution < -0.4 is 0 Å². The number of aromatic nitrogens is 4. The molecule has 0 N–H and O–H groups in total. The molecule has 0 unspecified atom stereocenters. The predicted molar refractivity (Wildman–Crippen MR) is 57.6 cm³/mol. The van der Waals surface area contributed by atoms with E-state index in [9.17, 15) is 8.42 Å². The normalized spacial score (nSPS) is 11.9. The second kappa shape index (κ2) is 3.91. The van der Waals surface area contributed by atoms with Gasteiger partial charge in [-0.15, -0.1) is 0 Å². The first-order chi connectivity index (χ1) is 7.45. The van der Waals surface area contributed by atoms with Gasteiger partial charge in [0, 0.05) is 30.1 Å². The van der Waals surface area contributed by atoms with Crippen molar-refractivity contribution in [2.24, 2.45) is 7.05 Å². The lowest BCUT2D eigenvalue weighted by atomic mass is 10.4. The molecule has 0 fully saturated rings. The average molecular weight is 261 g/mol. The summed E-state index contributed by atoms with van der Waals surface area (Å²) in [5.41, 5.74) is 0.818. The Hall–Kier alpha value is -1.34. The fraction of sp³-hybridized carbons (Fsp3) is 0.250. The molecule has 0 saturated carbocycles. The minimum absolute atomic E-state index is 0.148. The molecule has 0 radical (unpaired) electrons. The third-order valence-corrected chi connectivity index (χ3v) is 3.16. The van der Waals surface area contributed by atoms with E-state index in [0.717, 1.165) is 5.69 Å². The molecule has 0 spiro atoms. The minimum atomic E-state index is -3.75. The van der Waals surface area contributed by atoms with Crippen molar-refractivity contribution in [3.63, 3.8) is 0 Å². The van der Waals surface area contributed by atoms with Crippen molar-refractivity contribution in [1.29, 1.82) is 0 Å². The zero-order valence-electron chi connectivity index (χ0n) is 8.41. The molecule has 0 amide bonds. The maximum atomic E-state index is 11.0. The van der Waals surface area contributed by atoms with Gasteiger partial charge in [0.25, 0.3) is 9.05 Å². The lowest BCUT2D eigenvalue weighted by molar-refractivity contribution is 0.606. The number of imidazole rings is 1. The van der Waals surface area contributed by atoms with Crippen molar-refractivity contribution < 1.29 is 8.42 Å². The van der Waals surface area contributed by atoms with Crippen molar-refractivity contribution in [3.05, 3.63) is 30.5 Å². The van der Waals surface area contributed by atoms with Gasteiger partial charge in [-0.2, -0.15) is 5.10 Å². The van der Waals surface area contributed by atoms with Crippen LogP contribution in [0.4, 0.5) is 0 Å². The van der Waals surface area contributed by atoms with Gasteiger partial charge < -0.3 is 4.57 Å². The molecule has 0 aliphatic carbocycles. The summed E-state index contributed by atoms with van der Waals surface area (Å²) in [6, 6.07) is 1.84. The second-order valence-electron chi connectivity index (χ2n) is 3.30. The quantitative estimate of drug-likeness (QED) is 0.758. The van der Waals surface area contributed by atoms with Crippen molar-refractivity contribution in [3.8, 4) is 0 Å². The maximum absolute atomic E-state index is 11.0. The Bertz CT molecular complexity index is 601. The first kappa shape index (κ1) is 11.2. The van der Waals surface area contributed by atoms with Crippen LogP contribution >= 0.6 is 10.7 Å². The number of hydrogen-bond acceptors (Lipinski definition) is 4. The second-order valence-corrected chi connectivity index (χ2v) is 5.82. The summed E-state index contributed by atoms with van der Waals surface area (Å²) in [5, 5.41) is 4.01. The Kier molecular flexibility index (Phi) is 2.73. The zero-order valence-corrected chi connectivity index (χ0v) is 9.98. The van der Waals surface area contributed by atoms with E-state index < -0.39 is 9.05 Å². The Morgan fingerprint density at radius 1 is 1.50 bits per heavy atom. The summed E-state index contributed by atoms with van der Waals surface area (Å²) in [7, 11) is 3.21. The lowest BCUT2D eigenvalue weighted by Crippen LogP contribution is -1.99. The van der Waals surface area contributed by atoms with Crippen molar-refractivity contribution in [2.45, 2.75) is 11.6 Å². The average Bonchev–Trinajstić information content (AvgIpc) is 2.74. The zero-order chi connectivity index (χ0) is 11.8. The van der Waals surface area contributed by atoms with Crippen molar-refractivity contribution >= 4 is 19.7 Å². The van der Waals surface area contributed by atoms with E-state index >= 15 is 0 Å². The van der Waals surface area contributed by atoms with Gasteiger partial charge in [0.15, 0.2) is 5.03 Å². The topological polar surface area (TPSA) is 69.8 Å². The van der Waals surface area contributed by atoms with Crippen LogP contribution in [0.1, 0.15) is 5.69 Å². The van der Waals surface area contributed by atoms with E-state index in [2.05, 4.69) is 10.1 Å². The van der Waals surface area contributed by atoms with E-state index in [0.29, 0.717) is 6.54 Å². The molecule has 16 heavy (non-hydrogen) atoms. The van der Waals surface area contributed by atoms with Crippen LogP contribution in [0.25, 0.3) is 0 Å². The summed E-state index contributed by atoms with van der Waals surface area (Å²) in [6.45, 7) is 0.459. The lowest BCUT2D eigenvalue weighted by Gasteiger charge is -1.96. The number of halogens is 1. The molecule has 0 aromatic carbocycles. The van der Waals surface area contributed by atoms with Gasteiger partial charge in [0.1, 0.15) is 0 Å². The van der Waals surface area contributed by atoms with Gasteiger partial charge in [-0.1, -0.05) is 0 Å². The highest BCUT2D eigenvalue weighted by atomic mass is 35.7. The van der Waals surface area contributed by atoms with Crippen molar-refractivity contribution in [2.75, 3.05) is 0 Å². The largest absolute Gasteiger partial charge is 0.330 e. The summed E-state index contributed by atoms with van der Waals surface area (Å²) >= 11 is 0. The van der Waals surface area contributed by atoms with Crippen LogP contribution in [0, 0.1) is 0 Å². The maximum Gasteiger partial charge on any atom is 0.280 e. The van der Waals surface area contributed by atoms with E-state index in [1.807, 2.05) is 19.3 Å². The van der Waals surface area contributed by atoms with Gasteiger partial charge in [0.05, 0.1) is 18.6 Å². The van der Waals surface area contributed by atoms with Gasteiger partial charge >= 0.3 is 0 Å². The van der Waals surface area contributed by atoms with E-state index in [1.165, 1.54) is 12.5 Å². The molecule has 0 saturated heterocycles. The number of aryl methyl sites for hydroxylation is 1. The Morgan fingerprint density at radius 3 is 2.75 bits per heavy atom. The van der Waals surface area contributed by atoms with Crippen LogP contribution in [0.3, 0.4) is 0 Å². The first-order valence-electron chi connectivity index (χ1n) is 4.40. The number of rotatable bonds is 3. The predicted octanol–water partition coefficient (Wildman–Crippen LogP) is 0.592. The fourth-order valence-corrected chi connectivity index (χ4v) is 1.96. The SMILES string of the molecule is Cn1ccc(Cn2cnc(S(=O)(=O)Cl)c2)n1. The molecule has 0 bridgehead atoms. The molecule has 2 heterocycles. The van der Waals surface area contributed by atoms with Crippen molar-refractivity contribution in [1.82, 2.24) is 19.3 Å². The Morgan fingerprint density at radius 2 is 2.25 bits per heavy atom. The smallest absolute Gasteiger partial charge is 0.280 e. The third-order valence-electron chi connectivity index (χ3n) is 1.97. The number of hydrogen-bond donors (Lipinski definition) is 0. The standard InChI is InChI=1S/C8H9ClN4O2S/c1-12-3-2-7(11-12)4-13-5-8(10-6-13)16(9,14)15/h2-3,5-6H,4H2,1H3. The fourth-order valence-electron chi connectivity index (χ4n) is 1.29. The number of nitrogens with zero attached hydrogens (tertiary/aromatic N) is 4. The highest BCUT2D eigenvalue weighted by Crippen LogP contribution is 2.11. The van der Waals surface area contributed by atoms with E-state index in [4.69, 9.17) is 10.7 Å². The monoisotopic (exact) mass is 260 g/mol. The molecular formula is C8H9ClN4O2S. The van der Waals surface area contributed by atoms with Crippen LogP contribution in [-0.4, -0.2) is 27.7 Å². The molecule has 0 atom stereocenters. The highest BCUT2D eigenvalue weighted by molar-refractivity contribution is 8.13. The van der Waals surface area contributed by atoms with Crippen LogP contribution in [-0.2, 0) is 22.6 Å². The van der Waals surface area contributed by atoms with Gasteiger partial charge in [-0.05, 0) is 6.07 Å². The Balaban J connectivity index is 2.21. The van der Waals surface area contributed by atoms with Crippen LogP contribution in [0.15, 0.2) is 29.8 Å². The van der Waals surface area contributed by atoms with Gasteiger partial charge in [-0.25, -0.2) is 13.4 Å². The third kappa shape index (κ3) is 2.42. The molecule has 2 rings (SSSR count). The van der Waals surface area contributed by atoms with Crippen LogP contribution in [0.2, 0.25) is 0 Å². The summed E-state index contributed by atoms with van der Waals surface area (Å²) in [6.07, 6.45) is 4.59. The molecular weight excluding hydrogens is 252 g/mol. The molecule has 8 heteroatoms. The molecule has 86 valence electrons. The van der Waals surface area contributed by atoms with Crippen LogP contribution in [0.5, 0.6) is 0 Å². The summed E-state index contributed by atoms with van der Waals surface area (Å²) < 4.78 is 25.2. The minimum Gasteiger partial charge on any atom is -0.330 e.